The number of H-pyrrole nitrogens is 1. The molecule has 1 amide bonds. The standard InChI is InChI=1S/C13H14N2O/c1-8-3-2-4-9-7-11(15-12(8)9)13(16)14-10-5-6-10/h2-4,7,10,15H,5-6H2,1H3,(H,14,16). The van der Waals surface area contributed by atoms with Gasteiger partial charge in [0.1, 0.15) is 5.69 Å². The van der Waals surface area contributed by atoms with Crippen LogP contribution in [0.15, 0.2) is 24.3 Å². The highest BCUT2D eigenvalue weighted by molar-refractivity contribution is 5.98. The fourth-order valence-electron chi connectivity index (χ4n) is 1.92. The van der Waals surface area contributed by atoms with Gasteiger partial charge in [0.05, 0.1) is 0 Å². The van der Waals surface area contributed by atoms with Crippen molar-refractivity contribution in [3.05, 3.63) is 35.5 Å². The first-order valence-corrected chi connectivity index (χ1v) is 5.63. The first kappa shape index (κ1) is 9.46. The van der Waals surface area contributed by atoms with Crippen molar-refractivity contribution in [3.8, 4) is 0 Å². The SMILES string of the molecule is Cc1cccc2cc(C(=O)NC3CC3)[nH]c12. The first-order chi connectivity index (χ1) is 7.74. The Balaban J connectivity index is 1.97. The molecule has 0 spiro atoms. The fraction of sp³-hybridized carbons (Fsp3) is 0.308. The fourth-order valence-corrected chi connectivity index (χ4v) is 1.92. The topological polar surface area (TPSA) is 44.9 Å². The number of hydrogen-bond acceptors (Lipinski definition) is 1. The molecule has 0 aliphatic heterocycles. The van der Waals surface area contributed by atoms with Crippen molar-refractivity contribution in [2.24, 2.45) is 0 Å². The summed E-state index contributed by atoms with van der Waals surface area (Å²) in [4.78, 5) is 15.0. The van der Waals surface area contributed by atoms with Crippen molar-refractivity contribution in [2.75, 3.05) is 0 Å². The molecule has 1 aromatic heterocycles. The first-order valence-electron chi connectivity index (χ1n) is 5.63. The third-order valence-electron chi connectivity index (χ3n) is 3.02. The molecule has 0 bridgehead atoms. The van der Waals surface area contributed by atoms with Crippen LogP contribution < -0.4 is 5.32 Å². The lowest BCUT2D eigenvalue weighted by Gasteiger charge is -1.99. The molecule has 0 saturated heterocycles. The largest absolute Gasteiger partial charge is 0.350 e. The van der Waals surface area contributed by atoms with E-state index in [-0.39, 0.29) is 5.91 Å². The summed E-state index contributed by atoms with van der Waals surface area (Å²) in [7, 11) is 0. The van der Waals surface area contributed by atoms with Gasteiger partial charge in [0, 0.05) is 16.9 Å². The van der Waals surface area contributed by atoms with Crippen LogP contribution in [0, 0.1) is 6.92 Å². The molecule has 16 heavy (non-hydrogen) atoms. The third-order valence-corrected chi connectivity index (χ3v) is 3.02. The van der Waals surface area contributed by atoms with Crippen LogP contribution in [0.2, 0.25) is 0 Å². The van der Waals surface area contributed by atoms with E-state index in [1.165, 1.54) is 5.56 Å². The maximum absolute atomic E-state index is 11.8. The van der Waals surface area contributed by atoms with Gasteiger partial charge < -0.3 is 10.3 Å². The molecule has 1 saturated carbocycles. The lowest BCUT2D eigenvalue weighted by Crippen LogP contribution is -2.25. The normalized spacial score (nSPS) is 15.3. The van der Waals surface area contributed by atoms with Gasteiger partial charge >= 0.3 is 0 Å². The van der Waals surface area contributed by atoms with E-state index < -0.39 is 0 Å². The maximum Gasteiger partial charge on any atom is 0.267 e. The number of nitrogens with one attached hydrogen (secondary N) is 2. The minimum Gasteiger partial charge on any atom is -0.350 e. The minimum absolute atomic E-state index is 0.0121. The average Bonchev–Trinajstić information content (AvgIpc) is 2.95. The number of hydrogen-bond donors (Lipinski definition) is 2. The number of aromatic nitrogens is 1. The van der Waals surface area contributed by atoms with Gasteiger partial charge in [-0.25, -0.2) is 0 Å². The van der Waals surface area contributed by atoms with E-state index in [0.29, 0.717) is 11.7 Å². The van der Waals surface area contributed by atoms with E-state index in [9.17, 15) is 4.79 Å². The van der Waals surface area contributed by atoms with Crippen molar-refractivity contribution in [1.29, 1.82) is 0 Å². The Morgan fingerprint density at radius 1 is 1.44 bits per heavy atom. The number of rotatable bonds is 2. The molecule has 2 N–H and O–H groups in total. The predicted octanol–water partition coefficient (Wildman–Crippen LogP) is 2.37. The highest BCUT2D eigenvalue weighted by atomic mass is 16.2. The maximum atomic E-state index is 11.8. The van der Waals surface area contributed by atoms with Gasteiger partial charge in [-0.2, -0.15) is 0 Å². The van der Waals surface area contributed by atoms with Gasteiger partial charge in [-0.3, -0.25) is 4.79 Å². The van der Waals surface area contributed by atoms with Gasteiger partial charge in [-0.15, -0.1) is 0 Å². The summed E-state index contributed by atoms with van der Waals surface area (Å²) in [5, 5.41) is 4.08. The molecule has 3 nitrogen and oxygen atoms in total. The summed E-state index contributed by atoms with van der Waals surface area (Å²) in [6.45, 7) is 2.04. The lowest BCUT2D eigenvalue weighted by atomic mass is 10.2. The van der Waals surface area contributed by atoms with Crippen molar-refractivity contribution in [2.45, 2.75) is 25.8 Å². The number of benzene rings is 1. The zero-order chi connectivity index (χ0) is 11.1. The van der Waals surface area contributed by atoms with Crippen molar-refractivity contribution >= 4 is 16.8 Å². The number of carbonyl (C=O) groups excluding carboxylic acids is 1. The Kier molecular flexibility index (Phi) is 1.99. The molecule has 0 radical (unpaired) electrons. The predicted molar refractivity (Wildman–Crippen MR) is 63.5 cm³/mol. The molecule has 1 fully saturated rings. The number of para-hydroxylation sites is 1. The van der Waals surface area contributed by atoms with Crippen molar-refractivity contribution in [3.63, 3.8) is 0 Å². The average molecular weight is 214 g/mol. The number of carbonyl (C=O) groups is 1. The summed E-state index contributed by atoms with van der Waals surface area (Å²) in [5.74, 6) is 0.0121. The summed E-state index contributed by atoms with van der Waals surface area (Å²) in [5.41, 5.74) is 2.89. The molecule has 0 unspecified atom stereocenters. The van der Waals surface area contributed by atoms with E-state index >= 15 is 0 Å². The van der Waals surface area contributed by atoms with Crippen LogP contribution >= 0.6 is 0 Å². The molecular formula is C13H14N2O. The van der Waals surface area contributed by atoms with Crippen LogP contribution in [0.5, 0.6) is 0 Å². The molecule has 3 rings (SSSR count). The van der Waals surface area contributed by atoms with Crippen LogP contribution in [0.1, 0.15) is 28.9 Å². The van der Waals surface area contributed by atoms with Gasteiger partial charge in [-0.05, 0) is 31.4 Å². The van der Waals surface area contributed by atoms with Crippen LogP contribution in [0.25, 0.3) is 10.9 Å². The van der Waals surface area contributed by atoms with E-state index in [2.05, 4.69) is 10.3 Å². The second-order valence-electron chi connectivity index (χ2n) is 4.47. The van der Waals surface area contributed by atoms with Gasteiger partial charge in [0.2, 0.25) is 0 Å². The zero-order valence-electron chi connectivity index (χ0n) is 9.21. The summed E-state index contributed by atoms with van der Waals surface area (Å²) < 4.78 is 0. The van der Waals surface area contributed by atoms with Crippen molar-refractivity contribution < 1.29 is 4.79 Å². The molecule has 1 aromatic carbocycles. The molecule has 1 heterocycles. The summed E-state index contributed by atoms with van der Waals surface area (Å²) >= 11 is 0. The van der Waals surface area contributed by atoms with Gasteiger partial charge in [0.15, 0.2) is 0 Å². The smallest absolute Gasteiger partial charge is 0.267 e. The Bertz CT molecular complexity index is 552. The second kappa shape index (κ2) is 3.37. The van der Waals surface area contributed by atoms with Gasteiger partial charge in [-0.1, -0.05) is 18.2 Å². The van der Waals surface area contributed by atoms with Crippen LogP contribution in [-0.4, -0.2) is 16.9 Å². The molecule has 82 valence electrons. The van der Waals surface area contributed by atoms with Gasteiger partial charge in [0.25, 0.3) is 5.91 Å². The Morgan fingerprint density at radius 3 is 2.94 bits per heavy atom. The quantitative estimate of drug-likeness (QED) is 0.792. The number of amides is 1. The zero-order valence-corrected chi connectivity index (χ0v) is 9.21. The highest BCUT2D eigenvalue weighted by Crippen LogP contribution is 2.21. The van der Waals surface area contributed by atoms with E-state index in [1.54, 1.807) is 0 Å². The third kappa shape index (κ3) is 1.58. The Labute approximate surface area is 93.9 Å². The Morgan fingerprint density at radius 2 is 2.25 bits per heavy atom. The second-order valence-corrected chi connectivity index (χ2v) is 4.47. The van der Waals surface area contributed by atoms with Crippen LogP contribution in [0.3, 0.4) is 0 Å². The van der Waals surface area contributed by atoms with Crippen molar-refractivity contribution in [1.82, 2.24) is 10.3 Å². The highest BCUT2D eigenvalue weighted by Gasteiger charge is 2.24. The molecule has 2 aromatic rings. The molecular weight excluding hydrogens is 200 g/mol. The lowest BCUT2D eigenvalue weighted by molar-refractivity contribution is 0.0947. The molecule has 0 atom stereocenters. The number of aryl methyl sites for hydroxylation is 1. The van der Waals surface area contributed by atoms with Crippen LogP contribution in [-0.2, 0) is 0 Å². The monoisotopic (exact) mass is 214 g/mol. The van der Waals surface area contributed by atoms with Crippen LogP contribution in [0.4, 0.5) is 0 Å². The molecule has 3 heteroatoms. The van der Waals surface area contributed by atoms with E-state index in [4.69, 9.17) is 0 Å². The number of fused-ring (bicyclic) bond motifs is 1. The molecule has 1 aliphatic carbocycles. The Hall–Kier alpha value is -1.77. The summed E-state index contributed by atoms with van der Waals surface area (Å²) in [6, 6.07) is 8.39. The number of aromatic amines is 1. The van der Waals surface area contributed by atoms with E-state index in [1.807, 2.05) is 31.2 Å². The molecule has 1 aliphatic rings. The summed E-state index contributed by atoms with van der Waals surface area (Å²) in [6.07, 6.45) is 2.23. The van der Waals surface area contributed by atoms with E-state index in [0.717, 1.165) is 23.7 Å². The minimum atomic E-state index is 0.0121.